The molecule has 0 radical (unpaired) electrons. The summed E-state index contributed by atoms with van der Waals surface area (Å²) in [6.07, 6.45) is 2.14. The van der Waals surface area contributed by atoms with Crippen LogP contribution in [0.25, 0.3) is 11.0 Å². The third-order valence-corrected chi connectivity index (χ3v) is 5.57. The number of fused-ring (bicyclic) bond motifs is 1. The molecule has 6 nitrogen and oxygen atoms in total. The third kappa shape index (κ3) is 3.54. The predicted octanol–water partition coefficient (Wildman–Crippen LogP) is 4.38. The van der Waals surface area contributed by atoms with Gasteiger partial charge in [0.2, 0.25) is 5.69 Å². The van der Waals surface area contributed by atoms with E-state index in [2.05, 4.69) is 29.5 Å². The minimum Gasteiger partial charge on any atom is -0.491 e. The molecule has 0 aliphatic rings. The van der Waals surface area contributed by atoms with Crippen LogP contribution in [0.15, 0.2) is 18.2 Å². The lowest BCUT2D eigenvalue weighted by atomic mass is 9.93. The van der Waals surface area contributed by atoms with Crippen LogP contribution in [0.3, 0.4) is 0 Å². The molecule has 2 N–H and O–H groups in total. The number of hydrogen-bond donors (Lipinski definition) is 1. The van der Waals surface area contributed by atoms with Crippen LogP contribution in [0.1, 0.15) is 43.9 Å². The topological polar surface area (TPSA) is 65.8 Å². The van der Waals surface area contributed by atoms with Gasteiger partial charge in [-0.15, -0.1) is 0 Å². The quantitative estimate of drug-likeness (QED) is 0.635. The van der Waals surface area contributed by atoms with Gasteiger partial charge in [0.15, 0.2) is 5.75 Å². The van der Waals surface area contributed by atoms with Gasteiger partial charge in [0, 0.05) is 18.8 Å². The van der Waals surface area contributed by atoms with Crippen LogP contribution in [0.4, 0.5) is 11.6 Å². The Morgan fingerprint density at radius 1 is 1.14 bits per heavy atom. The van der Waals surface area contributed by atoms with Crippen molar-refractivity contribution in [2.75, 3.05) is 14.2 Å². The van der Waals surface area contributed by atoms with E-state index in [-0.39, 0.29) is 0 Å². The molecule has 3 rings (SSSR count). The zero-order chi connectivity index (χ0) is 20.4. The Labute approximate surface area is 170 Å². The number of ether oxygens (including phenoxy) is 2. The molecule has 0 aliphatic heterocycles. The highest BCUT2D eigenvalue weighted by molar-refractivity contribution is 6.35. The molecule has 150 valence electrons. The van der Waals surface area contributed by atoms with E-state index in [1.54, 1.807) is 14.2 Å². The minimum absolute atomic E-state index is 0.466. The van der Waals surface area contributed by atoms with Crippen molar-refractivity contribution < 1.29 is 14.8 Å². The van der Waals surface area contributed by atoms with Gasteiger partial charge in [-0.05, 0) is 37.3 Å². The fourth-order valence-electron chi connectivity index (χ4n) is 3.73. The van der Waals surface area contributed by atoms with E-state index in [4.69, 9.17) is 26.1 Å². The smallest absolute Gasteiger partial charge is 0.312 e. The number of quaternary nitrogens is 1. The zero-order valence-electron chi connectivity index (χ0n) is 17.3. The van der Waals surface area contributed by atoms with E-state index in [0.717, 1.165) is 41.2 Å². The Bertz CT molecular complexity index is 971. The average molecular weight is 404 g/mol. The second-order valence-corrected chi connectivity index (χ2v) is 7.32. The lowest BCUT2D eigenvalue weighted by molar-refractivity contribution is -0.490. The number of nitrogens with zero attached hydrogens (tertiary/aromatic N) is 3. The lowest BCUT2D eigenvalue weighted by Gasteiger charge is -2.15. The van der Waals surface area contributed by atoms with Crippen LogP contribution in [0, 0.1) is 6.92 Å². The summed E-state index contributed by atoms with van der Waals surface area (Å²) in [5, 5.41) is 2.60. The first-order chi connectivity index (χ1) is 13.4. The number of halogens is 1. The Morgan fingerprint density at radius 2 is 1.86 bits per heavy atom. The molecular formula is C21H28ClN4O2+. The highest BCUT2D eigenvalue weighted by Gasteiger charge is 2.24. The van der Waals surface area contributed by atoms with Gasteiger partial charge in [-0.2, -0.15) is 4.98 Å². The number of methoxy groups -OCH3 is 2. The predicted molar refractivity (Wildman–Crippen MR) is 112 cm³/mol. The molecule has 2 aromatic heterocycles. The molecule has 7 heteroatoms. The number of aryl methyl sites for hydroxylation is 2. The van der Waals surface area contributed by atoms with Gasteiger partial charge in [0.1, 0.15) is 5.52 Å². The number of aromatic nitrogens is 3. The van der Waals surface area contributed by atoms with Crippen molar-refractivity contribution in [3.63, 3.8) is 0 Å². The molecule has 0 amide bonds. The van der Waals surface area contributed by atoms with Crippen LogP contribution >= 0.6 is 11.6 Å². The van der Waals surface area contributed by atoms with Crippen molar-refractivity contribution in [3.8, 4) is 11.6 Å². The Kier molecular flexibility index (Phi) is 6.10. The van der Waals surface area contributed by atoms with E-state index in [9.17, 15) is 0 Å². The van der Waals surface area contributed by atoms with Crippen molar-refractivity contribution in [1.29, 1.82) is 0 Å². The number of hydrogen-bond acceptors (Lipinski definition) is 4. The number of rotatable bonds is 7. The fourth-order valence-corrected chi connectivity index (χ4v) is 3.93. The van der Waals surface area contributed by atoms with Gasteiger partial charge < -0.3 is 9.47 Å². The SMILES string of the molecule is CCC(CC)c1ccc(Cl)c2nc([NH2+]c3c(OC)cc(C)nc3OC)n(C)c12. The highest BCUT2D eigenvalue weighted by Crippen LogP contribution is 2.35. The van der Waals surface area contributed by atoms with E-state index >= 15 is 0 Å². The van der Waals surface area contributed by atoms with Crippen molar-refractivity contribution in [3.05, 3.63) is 34.5 Å². The summed E-state index contributed by atoms with van der Waals surface area (Å²) < 4.78 is 13.1. The molecule has 0 atom stereocenters. The van der Waals surface area contributed by atoms with Crippen LogP contribution in [0.2, 0.25) is 5.02 Å². The molecule has 28 heavy (non-hydrogen) atoms. The van der Waals surface area contributed by atoms with Crippen LogP contribution in [-0.4, -0.2) is 28.8 Å². The van der Waals surface area contributed by atoms with Gasteiger partial charge in [0.05, 0.1) is 24.8 Å². The van der Waals surface area contributed by atoms with Crippen LogP contribution in [0.5, 0.6) is 11.6 Å². The summed E-state index contributed by atoms with van der Waals surface area (Å²) in [6.45, 7) is 6.34. The van der Waals surface area contributed by atoms with E-state index < -0.39 is 0 Å². The van der Waals surface area contributed by atoms with Crippen molar-refractivity contribution in [2.24, 2.45) is 7.05 Å². The summed E-state index contributed by atoms with van der Waals surface area (Å²) in [4.78, 5) is 9.30. The van der Waals surface area contributed by atoms with E-state index in [1.165, 1.54) is 5.56 Å². The third-order valence-electron chi connectivity index (χ3n) is 5.26. The molecule has 0 saturated heterocycles. The number of nitrogens with two attached hydrogens (primary N) is 1. The molecule has 0 aliphatic carbocycles. The first-order valence-corrected chi connectivity index (χ1v) is 9.92. The second kappa shape index (κ2) is 8.37. The first kappa shape index (κ1) is 20.4. The van der Waals surface area contributed by atoms with Crippen LogP contribution in [-0.2, 0) is 7.05 Å². The van der Waals surface area contributed by atoms with Gasteiger partial charge >= 0.3 is 5.95 Å². The van der Waals surface area contributed by atoms with Gasteiger partial charge in [-0.3, -0.25) is 4.57 Å². The van der Waals surface area contributed by atoms with E-state index in [1.807, 2.05) is 31.4 Å². The minimum atomic E-state index is 0.466. The standard InChI is InChI=1S/C21H27ClN4O2/c1-7-13(8-2)14-9-10-15(22)17-19(14)26(4)21(24-17)25-18-16(27-5)11-12(3)23-20(18)28-6/h9-11,13H,7-8H2,1-6H3,(H,24,25)/p+1. The molecule has 2 heterocycles. The summed E-state index contributed by atoms with van der Waals surface area (Å²) in [7, 11) is 5.27. The van der Waals surface area contributed by atoms with Gasteiger partial charge in [-0.25, -0.2) is 10.3 Å². The number of imidazole rings is 1. The molecule has 0 spiro atoms. The fraction of sp³-hybridized carbons (Fsp3) is 0.429. The normalized spacial score (nSPS) is 11.4. The Hall–Kier alpha value is -2.31. The zero-order valence-corrected chi connectivity index (χ0v) is 18.1. The number of benzene rings is 1. The number of pyridine rings is 1. The summed E-state index contributed by atoms with van der Waals surface area (Å²) in [6, 6.07) is 5.96. The maximum atomic E-state index is 6.49. The van der Waals surface area contributed by atoms with Crippen molar-refractivity contribution >= 4 is 34.3 Å². The second-order valence-electron chi connectivity index (χ2n) is 6.91. The molecule has 0 fully saturated rings. The molecular weight excluding hydrogens is 376 g/mol. The maximum absolute atomic E-state index is 6.49. The lowest BCUT2D eigenvalue weighted by Crippen LogP contribution is -2.73. The van der Waals surface area contributed by atoms with Gasteiger partial charge in [0.25, 0.3) is 5.88 Å². The Balaban J connectivity index is 2.18. The molecule has 0 bridgehead atoms. The summed E-state index contributed by atoms with van der Waals surface area (Å²) in [5.74, 6) is 2.45. The molecule has 0 unspecified atom stereocenters. The summed E-state index contributed by atoms with van der Waals surface area (Å²) >= 11 is 6.49. The monoisotopic (exact) mass is 403 g/mol. The summed E-state index contributed by atoms with van der Waals surface area (Å²) in [5.41, 5.74) is 4.76. The van der Waals surface area contributed by atoms with E-state index in [0.29, 0.717) is 22.6 Å². The van der Waals surface area contributed by atoms with Gasteiger partial charge in [-0.1, -0.05) is 31.5 Å². The van der Waals surface area contributed by atoms with Crippen LogP contribution < -0.4 is 14.8 Å². The van der Waals surface area contributed by atoms with Crippen molar-refractivity contribution in [2.45, 2.75) is 39.5 Å². The average Bonchev–Trinajstić information content (AvgIpc) is 3.02. The molecule has 3 aromatic rings. The highest BCUT2D eigenvalue weighted by atomic mass is 35.5. The van der Waals surface area contributed by atoms with Crippen molar-refractivity contribution in [1.82, 2.24) is 14.5 Å². The maximum Gasteiger partial charge on any atom is 0.312 e. The Morgan fingerprint density at radius 3 is 2.46 bits per heavy atom. The first-order valence-electron chi connectivity index (χ1n) is 9.54. The molecule has 0 saturated carbocycles. The largest absolute Gasteiger partial charge is 0.491 e. The molecule has 1 aromatic carbocycles.